The molecule has 4 amide bonds. The van der Waals surface area contributed by atoms with Crippen molar-refractivity contribution in [2.75, 3.05) is 37.6 Å². The van der Waals surface area contributed by atoms with Crippen molar-refractivity contribution < 1.29 is 23.2 Å². The van der Waals surface area contributed by atoms with E-state index in [1.807, 2.05) is 4.90 Å². The van der Waals surface area contributed by atoms with Crippen LogP contribution in [0.2, 0.25) is 0 Å². The molecule has 0 radical (unpaired) electrons. The van der Waals surface area contributed by atoms with Crippen molar-refractivity contribution in [2.24, 2.45) is 11.7 Å². The zero-order valence-electron chi connectivity index (χ0n) is 16.2. The van der Waals surface area contributed by atoms with Gasteiger partial charge in [0.15, 0.2) is 11.6 Å². The lowest BCUT2D eigenvalue weighted by Gasteiger charge is -2.38. The fourth-order valence-corrected chi connectivity index (χ4v) is 3.98. The molecule has 2 fully saturated rings. The molecule has 0 aliphatic carbocycles. The van der Waals surface area contributed by atoms with E-state index in [-0.39, 0.29) is 25.3 Å². The minimum absolute atomic E-state index is 0.125. The first-order chi connectivity index (χ1) is 13.8. The molecule has 2 saturated heterocycles. The maximum atomic E-state index is 13.5. The molecule has 0 bridgehead atoms. The van der Waals surface area contributed by atoms with Gasteiger partial charge >= 0.3 is 6.03 Å². The van der Waals surface area contributed by atoms with Crippen LogP contribution in [0.15, 0.2) is 18.2 Å². The van der Waals surface area contributed by atoms with E-state index in [4.69, 9.17) is 5.73 Å². The lowest BCUT2D eigenvalue weighted by molar-refractivity contribution is -0.136. The summed E-state index contributed by atoms with van der Waals surface area (Å²) in [4.78, 5) is 40.3. The average molecular weight is 409 g/mol. The van der Waals surface area contributed by atoms with E-state index < -0.39 is 35.0 Å². The standard InChI is InChI=1S/C19H25F2N5O3/c1-12(11-19(4-5-22)17(28)23-18(29)24-19)16(27)26-8-6-25(7-9-26)13-2-3-14(20)15(21)10-13/h2-3,10,12H,4-9,11,22H2,1H3,(H2,23,24,28,29)/t12-,19+/m0/s1. The van der Waals surface area contributed by atoms with E-state index in [0.717, 1.165) is 12.1 Å². The van der Waals surface area contributed by atoms with Crippen molar-refractivity contribution in [3.8, 4) is 0 Å². The van der Waals surface area contributed by atoms with Gasteiger partial charge in [0.2, 0.25) is 5.91 Å². The van der Waals surface area contributed by atoms with Crippen LogP contribution in [0.1, 0.15) is 19.8 Å². The zero-order chi connectivity index (χ0) is 21.2. The number of nitrogens with one attached hydrogen (secondary N) is 2. The Labute approximate surface area is 167 Å². The van der Waals surface area contributed by atoms with Gasteiger partial charge in [-0.15, -0.1) is 0 Å². The number of piperazine rings is 1. The summed E-state index contributed by atoms with van der Waals surface area (Å²) < 4.78 is 26.6. The van der Waals surface area contributed by atoms with Crippen LogP contribution in [0.5, 0.6) is 0 Å². The van der Waals surface area contributed by atoms with E-state index in [9.17, 15) is 23.2 Å². The fraction of sp³-hybridized carbons (Fsp3) is 0.526. The second kappa shape index (κ2) is 8.32. The number of rotatable bonds is 6. The van der Waals surface area contributed by atoms with Gasteiger partial charge < -0.3 is 20.9 Å². The average Bonchev–Trinajstić information content (AvgIpc) is 2.96. The molecule has 0 unspecified atom stereocenters. The van der Waals surface area contributed by atoms with E-state index in [1.165, 1.54) is 6.07 Å². The number of halogens is 2. The lowest BCUT2D eigenvalue weighted by atomic mass is 9.84. The summed E-state index contributed by atoms with van der Waals surface area (Å²) in [5, 5.41) is 4.84. The second-order valence-corrected chi connectivity index (χ2v) is 7.54. The molecule has 4 N–H and O–H groups in total. The summed E-state index contributed by atoms with van der Waals surface area (Å²) in [7, 11) is 0. The highest BCUT2D eigenvalue weighted by Crippen LogP contribution is 2.26. The quantitative estimate of drug-likeness (QED) is 0.596. The van der Waals surface area contributed by atoms with Gasteiger partial charge in [0, 0.05) is 43.9 Å². The number of hydrogen-bond donors (Lipinski definition) is 3. The lowest BCUT2D eigenvalue weighted by Crippen LogP contribution is -2.53. The maximum Gasteiger partial charge on any atom is 0.322 e. The Morgan fingerprint density at radius 1 is 1.21 bits per heavy atom. The van der Waals surface area contributed by atoms with Gasteiger partial charge in [0.05, 0.1) is 0 Å². The summed E-state index contributed by atoms with van der Waals surface area (Å²) in [6.07, 6.45) is 0.399. The van der Waals surface area contributed by atoms with Crippen LogP contribution in [0, 0.1) is 17.6 Å². The molecule has 8 nitrogen and oxygen atoms in total. The van der Waals surface area contributed by atoms with Gasteiger partial charge in [0.1, 0.15) is 5.54 Å². The summed E-state index contributed by atoms with van der Waals surface area (Å²) in [6.45, 7) is 3.72. The van der Waals surface area contributed by atoms with Gasteiger partial charge in [-0.05, 0) is 31.5 Å². The summed E-state index contributed by atoms with van der Waals surface area (Å²) in [5.74, 6) is -2.89. The van der Waals surface area contributed by atoms with Crippen LogP contribution < -0.4 is 21.3 Å². The van der Waals surface area contributed by atoms with Gasteiger partial charge in [-0.25, -0.2) is 13.6 Å². The molecule has 2 atom stereocenters. The SMILES string of the molecule is C[C@@H](C[C@@]1(CCN)NC(=O)NC1=O)C(=O)N1CCN(c2ccc(F)c(F)c2)CC1. The van der Waals surface area contributed by atoms with Crippen LogP contribution in [-0.4, -0.2) is 61.0 Å². The van der Waals surface area contributed by atoms with E-state index >= 15 is 0 Å². The normalized spacial score (nSPS) is 23.0. The number of carbonyl (C=O) groups is 3. The minimum Gasteiger partial charge on any atom is -0.368 e. The molecule has 29 heavy (non-hydrogen) atoms. The third kappa shape index (κ3) is 4.31. The molecule has 0 saturated carbocycles. The number of carbonyl (C=O) groups excluding carboxylic acids is 3. The number of imide groups is 1. The van der Waals surface area contributed by atoms with E-state index in [2.05, 4.69) is 10.6 Å². The number of nitrogens with zero attached hydrogens (tertiary/aromatic N) is 2. The molecule has 1 aromatic rings. The first kappa shape index (κ1) is 21.0. The van der Waals surface area contributed by atoms with Crippen LogP contribution in [0.3, 0.4) is 0 Å². The number of hydrogen-bond acceptors (Lipinski definition) is 5. The summed E-state index contributed by atoms with van der Waals surface area (Å²) in [6, 6.07) is 3.16. The Kier molecular flexibility index (Phi) is 6.02. The Morgan fingerprint density at radius 2 is 1.90 bits per heavy atom. The van der Waals surface area contributed by atoms with Crippen LogP contribution in [0.25, 0.3) is 0 Å². The highest BCUT2D eigenvalue weighted by Gasteiger charge is 2.47. The molecule has 0 spiro atoms. The van der Waals surface area contributed by atoms with Crippen LogP contribution in [-0.2, 0) is 9.59 Å². The first-order valence-electron chi connectivity index (χ1n) is 9.58. The zero-order valence-corrected chi connectivity index (χ0v) is 16.2. The van der Waals surface area contributed by atoms with E-state index in [0.29, 0.717) is 31.9 Å². The van der Waals surface area contributed by atoms with Crippen molar-refractivity contribution >= 4 is 23.5 Å². The topological polar surface area (TPSA) is 108 Å². The fourth-order valence-electron chi connectivity index (χ4n) is 3.98. The Bertz CT molecular complexity index is 813. The van der Waals surface area contributed by atoms with E-state index in [1.54, 1.807) is 11.8 Å². The molecule has 1 aromatic carbocycles. The molecule has 2 heterocycles. The summed E-state index contributed by atoms with van der Waals surface area (Å²) in [5.41, 5.74) is 5.00. The molecular formula is C19H25F2N5O3. The molecule has 10 heteroatoms. The Morgan fingerprint density at radius 3 is 2.45 bits per heavy atom. The minimum atomic E-state index is -1.17. The van der Waals surface area contributed by atoms with Crippen molar-refractivity contribution in [1.29, 1.82) is 0 Å². The third-order valence-electron chi connectivity index (χ3n) is 5.52. The van der Waals surface area contributed by atoms with Crippen molar-refractivity contribution in [2.45, 2.75) is 25.3 Å². The predicted octanol–water partition coefficient (Wildman–Crippen LogP) is 0.567. The molecule has 0 aromatic heterocycles. The number of nitrogens with two attached hydrogens (primary N) is 1. The molecule has 2 aliphatic heterocycles. The highest BCUT2D eigenvalue weighted by atomic mass is 19.2. The van der Waals surface area contributed by atoms with Gasteiger partial charge in [0.25, 0.3) is 5.91 Å². The first-order valence-corrected chi connectivity index (χ1v) is 9.58. The van der Waals surface area contributed by atoms with Gasteiger partial charge in [-0.1, -0.05) is 6.92 Å². The smallest absolute Gasteiger partial charge is 0.322 e. The van der Waals surface area contributed by atoms with Crippen molar-refractivity contribution in [3.05, 3.63) is 29.8 Å². The monoisotopic (exact) mass is 409 g/mol. The molecule has 3 rings (SSSR count). The number of benzene rings is 1. The van der Waals surface area contributed by atoms with Crippen LogP contribution >= 0.6 is 0 Å². The number of urea groups is 1. The van der Waals surface area contributed by atoms with Gasteiger partial charge in [-0.3, -0.25) is 14.9 Å². The largest absolute Gasteiger partial charge is 0.368 e. The van der Waals surface area contributed by atoms with Crippen molar-refractivity contribution in [1.82, 2.24) is 15.5 Å². The van der Waals surface area contributed by atoms with Gasteiger partial charge in [-0.2, -0.15) is 0 Å². The molecular weight excluding hydrogens is 384 g/mol. The predicted molar refractivity (Wildman–Crippen MR) is 102 cm³/mol. The highest BCUT2D eigenvalue weighted by molar-refractivity contribution is 6.07. The number of amides is 4. The van der Waals surface area contributed by atoms with Crippen molar-refractivity contribution in [3.63, 3.8) is 0 Å². The third-order valence-corrected chi connectivity index (χ3v) is 5.52. The molecule has 158 valence electrons. The Hall–Kier alpha value is -2.75. The summed E-state index contributed by atoms with van der Waals surface area (Å²) >= 11 is 0. The maximum absolute atomic E-state index is 13.5. The van der Waals surface area contributed by atoms with Crippen LogP contribution in [0.4, 0.5) is 19.3 Å². The molecule has 2 aliphatic rings. The number of anilines is 1. The Balaban J connectivity index is 1.60. The second-order valence-electron chi connectivity index (χ2n) is 7.54.